The van der Waals surface area contributed by atoms with Crippen LogP contribution in [-0.2, 0) is 11.2 Å². The fourth-order valence-electron chi connectivity index (χ4n) is 1.75. The summed E-state index contributed by atoms with van der Waals surface area (Å²) < 4.78 is 13.7. The molecule has 2 aromatic rings. The Morgan fingerprint density at radius 2 is 1.81 bits per heavy atom. The molecule has 0 atom stereocenters. The number of benzene rings is 2. The molecule has 21 heavy (non-hydrogen) atoms. The van der Waals surface area contributed by atoms with Crippen molar-refractivity contribution in [3.63, 3.8) is 0 Å². The number of carboxylic acids is 1. The SMILES string of the molecule is O=C(O)Cc1ccc(NC(=O)c2cc(F)ccc2Br)cc1. The molecule has 2 aromatic carbocycles. The summed E-state index contributed by atoms with van der Waals surface area (Å²) in [5.74, 6) is -1.87. The normalized spacial score (nSPS) is 10.2. The molecule has 0 heterocycles. The number of hydrogen-bond acceptors (Lipinski definition) is 2. The van der Waals surface area contributed by atoms with Gasteiger partial charge in [-0.15, -0.1) is 0 Å². The second-order valence-corrected chi connectivity index (χ2v) is 5.20. The van der Waals surface area contributed by atoms with Gasteiger partial charge in [-0.1, -0.05) is 12.1 Å². The van der Waals surface area contributed by atoms with E-state index in [1.807, 2.05) is 0 Å². The van der Waals surface area contributed by atoms with Gasteiger partial charge in [0.2, 0.25) is 0 Å². The van der Waals surface area contributed by atoms with Crippen LogP contribution in [0.1, 0.15) is 15.9 Å². The maximum absolute atomic E-state index is 13.2. The van der Waals surface area contributed by atoms with E-state index in [9.17, 15) is 14.0 Å². The molecule has 1 amide bonds. The van der Waals surface area contributed by atoms with Gasteiger partial charge in [0.15, 0.2) is 0 Å². The lowest BCUT2D eigenvalue weighted by atomic mass is 10.1. The number of carboxylic acid groups (broad SMARTS) is 1. The van der Waals surface area contributed by atoms with Gasteiger partial charge in [-0.2, -0.15) is 0 Å². The van der Waals surface area contributed by atoms with E-state index in [0.29, 0.717) is 15.7 Å². The van der Waals surface area contributed by atoms with Gasteiger partial charge >= 0.3 is 5.97 Å². The predicted octanol–water partition coefficient (Wildman–Crippen LogP) is 3.47. The number of hydrogen-bond donors (Lipinski definition) is 2. The standard InChI is InChI=1S/C15H11BrFNO3/c16-13-6-3-10(17)8-12(13)15(21)18-11-4-1-9(2-5-11)7-14(19)20/h1-6,8H,7H2,(H,18,21)(H,19,20). The predicted molar refractivity (Wildman–Crippen MR) is 79.8 cm³/mol. The van der Waals surface area contributed by atoms with Crippen LogP contribution in [0.2, 0.25) is 0 Å². The van der Waals surface area contributed by atoms with Crippen molar-refractivity contribution in [2.45, 2.75) is 6.42 Å². The second kappa shape index (κ2) is 6.49. The Labute approximate surface area is 128 Å². The number of carbonyl (C=O) groups is 2. The van der Waals surface area contributed by atoms with E-state index in [0.717, 1.165) is 6.07 Å². The Kier molecular flexibility index (Phi) is 4.70. The fraction of sp³-hybridized carbons (Fsp3) is 0.0667. The molecule has 0 aliphatic heterocycles. The minimum Gasteiger partial charge on any atom is -0.481 e. The molecule has 4 nitrogen and oxygen atoms in total. The smallest absolute Gasteiger partial charge is 0.307 e. The summed E-state index contributed by atoms with van der Waals surface area (Å²) in [5.41, 5.74) is 1.32. The number of nitrogens with one attached hydrogen (secondary N) is 1. The Hall–Kier alpha value is -2.21. The monoisotopic (exact) mass is 351 g/mol. The van der Waals surface area contributed by atoms with Crippen molar-refractivity contribution in [3.05, 3.63) is 63.9 Å². The highest BCUT2D eigenvalue weighted by molar-refractivity contribution is 9.10. The van der Waals surface area contributed by atoms with E-state index >= 15 is 0 Å². The number of aliphatic carboxylic acids is 1. The molecule has 0 saturated carbocycles. The van der Waals surface area contributed by atoms with Gasteiger partial charge in [0.25, 0.3) is 5.91 Å². The van der Waals surface area contributed by atoms with Crippen LogP contribution in [0.5, 0.6) is 0 Å². The molecule has 6 heteroatoms. The summed E-state index contributed by atoms with van der Waals surface area (Å²) in [6.07, 6.45) is -0.0797. The molecule has 0 fully saturated rings. The summed E-state index contributed by atoms with van der Waals surface area (Å²) in [6.45, 7) is 0. The Bertz CT molecular complexity index is 686. The highest BCUT2D eigenvalue weighted by atomic mass is 79.9. The first-order valence-corrected chi connectivity index (χ1v) is 6.82. The van der Waals surface area contributed by atoms with E-state index in [4.69, 9.17) is 5.11 Å². The van der Waals surface area contributed by atoms with Crippen LogP contribution in [0.3, 0.4) is 0 Å². The van der Waals surface area contributed by atoms with E-state index in [1.54, 1.807) is 24.3 Å². The summed E-state index contributed by atoms with van der Waals surface area (Å²) in [5, 5.41) is 11.3. The van der Waals surface area contributed by atoms with Crippen LogP contribution in [0.4, 0.5) is 10.1 Å². The summed E-state index contributed by atoms with van der Waals surface area (Å²) >= 11 is 3.19. The molecule has 0 aliphatic carbocycles. The van der Waals surface area contributed by atoms with Crippen LogP contribution < -0.4 is 5.32 Å². The topological polar surface area (TPSA) is 66.4 Å². The number of halogens is 2. The molecule has 108 valence electrons. The van der Waals surface area contributed by atoms with Gasteiger partial charge in [-0.25, -0.2) is 4.39 Å². The van der Waals surface area contributed by atoms with E-state index in [-0.39, 0.29) is 12.0 Å². The largest absolute Gasteiger partial charge is 0.481 e. The van der Waals surface area contributed by atoms with E-state index in [2.05, 4.69) is 21.2 Å². The van der Waals surface area contributed by atoms with E-state index in [1.165, 1.54) is 12.1 Å². The van der Waals surface area contributed by atoms with Crippen molar-refractivity contribution in [1.82, 2.24) is 0 Å². The summed E-state index contributed by atoms with van der Waals surface area (Å²) in [7, 11) is 0. The minimum absolute atomic E-state index is 0.0797. The van der Waals surface area contributed by atoms with Crippen molar-refractivity contribution in [2.75, 3.05) is 5.32 Å². The van der Waals surface area contributed by atoms with Crippen LogP contribution in [-0.4, -0.2) is 17.0 Å². The third kappa shape index (κ3) is 4.13. The van der Waals surface area contributed by atoms with Crippen LogP contribution >= 0.6 is 15.9 Å². The van der Waals surface area contributed by atoms with Crippen molar-refractivity contribution in [1.29, 1.82) is 0 Å². The molecule has 0 bridgehead atoms. The lowest BCUT2D eigenvalue weighted by Crippen LogP contribution is -2.13. The van der Waals surface area contributed by atoms with Crippen molar-refractivity contribution in [2.24, 2.45) is 0 Å². The van der Waals surface area contributed by atoms with Crippen molar-refractivity contribution in [3.8, 4) is 0 Å². The lowest BCUT2D eigenvalue weighted by molar-refractivity contribution is -0.136. The molecular weight excluding hydrogens is 341 g/mol. The van der Waals surface area contributed by atoms with E-state index < -0.39 is 17.7 Å². The summed E-state index contributed by atoms with van der Waals surface area (Å²) in [6, 6.07) is 10.3. The molecule has 0 radical (unpaired) electrons. The first kappa shape index (κ1) is 15.2. The third-order valence-corrected chi connectivity index (χ3v) is 3.43. The lowest BCUT2D eigenvalue weighted by Gasteiger charge is -2.07. The molecule has 2 rings (SSSR count). The molecular formula is C15H11BrFNO3. The van der Waals surface area contributed by atoms with Gasteiger partial charge in [0, 0.05) is 10.2 Å². The van der Waals surface area contributed by atoms with Crippen LogP contribution in [0.15, 0.2) is 46.9 Å². The Morgan fingerprint density at radius 3 is 2.43 bits per heavy atom. The number of rotatable bonds is 4. The average molecular weight is 352 g/mol. The second-order valence-electron chi connectivity index (χ2n) is 4.35. The minimum atomic E-state index is -0.921. The number of amides is 1. The Balaban J connectivity index is 2.12. The zero-order chi connectivity index (χ0) is 15.4. The van der Waals surface area contributed by atoms with Gasteiger partial charge in [-0.3, -0.25) is 9.59 Å². The zero-order valence-corrected chi connectivity index (χ0v) is 12.4. The van der Waals surface area contributed by atoms with Crippen molar-refractivity contribution < 1.29 is 19.1 Å². The Morgan fingerprint density at radius 1 is 1.14 bits per heavy atom. The van der Waals surface area contributed by atoms with Gasteiger partial charge in [0.05, 0.1) is 12.0 Å². The number of anilines is 1. The quantitative estimate of drug-likeness (QED) is 0.886. The maximum Gasteiger partial charge on any atom is 0.307 e. The molecule has 0 unspecified atom stereocenters. The summed E-state index contributed by atoms with van der Waals surface area (Å²) in [4.78, 5) is 22.6. The molecule has 2 N–H and O–H groups in total. The maximum atomic E-state index is 13.2. The number of carbonyl (C=O) groups excluding carboxylic acids is 1. The molecule has 0 spiro atoms. The highest BCUT2D eigenvalue weighted by Crippen LogP contribution is 2.19. The third-order valence-electron chi connectivity index (χ3n) is 2.74. The average Bonchev–Trinajstić information content (AvgIpc) is 2.43. The van der Waals surface area contributed by atoms with Crippen LogP contribution in [0, 0.1) is 5.82 Å². The fourth-order valence-corrected chi connectivity index (χ4v) is 2.18. The first-order chi connectivity index (χ1) is 9.95. The highest BCUT2D eigenvalue weighted by Gasteiger charge is 2.11. The van der Waals surface area contributed by atoms with Gasteiger partial charge < -0.3 is 10.4 Å². The molecule has 0 aromatic heterocycles. The zero-order valence-electron chi connectivity index (χ0n) is 10.8. The van der Waals surface area contributed by atoms with Gasteiger partial charge in [-0.05, 0) is 51.8 Å². The first-order valence-electron chi connectivity index (χ1n) is 6.03. The molecule has 0 saturated heterocycles. The molecule has 0 aliphatic rings. The van der Waals surface area contributed by atoms with Crippen molar-refractivity contribution >= 4 is 33.5 Å². The van der Waals surface area contributed by atoms with Crippen LogP contribution in [0.25, 0.3) is 0 Å². The van der Waals surface area contributed by atoms with Gasteiger partial charge in [0.1, 0.15) is 5.82 Å².